The van der Waals surface area contributed by atoms with Crippen LogP contribution in [-0.2, 0) is 9.84 Å². The molecular weight excluding hydrogens is 374 g/mol. The van der Waals surface area contributed by atoms with E-state index in [0.29, 0.717) is 18.7 Å². The van der Waals surface area contributed by atoms with E-state index in [-0.39, 0.29) is 17.5 Å². The van der Waals surface area contributed by atoms with Crippen molar-refractivity contribution in [2.75, 3.05) is 19.6 Å². The second-order valence-corrected chi connectivity index (χ2v) is 9.43. The highest BCUT2D eigenvalue weighted by Crippen LogP contribution is 2.29. The van der Waals surface area contributed by atoms with Crippen molar-refractivity contribution in [2.45, 2.75) is 43.3 Å². The van der Waals surface area contributed by atoms with Gasteiger partial charge in [-0.05, 0) is 68.0 Å². The Labute approximate surface area is 166 Å². The van der Waals surface area contributed by atoms with Crippen molar-refractivity contribution in [1.82, 2.24) is 15.2 Å². The first-order chi connectivity index (χ1) is 13.4. The number of nitrogens with zero attached hydrogens (tertiary/aromatic N) is 2. The fraction of sp³-hybridized carbons (Fsp3) is 0.429. The van der Waals surface area contributed by atoms with Gasteiger partial charge >= 0.3 is 6.03 Å². The summed E-state index contributed by atoms with van der Waals surface area (Å²) in [5, 5.41) is 1.94. The minimum atomic E-state index is -3.69. The molecule has 2 heterocycles. The molecule has 0 spiro atoms. The molecule has 1 N–H and O–H groups in total. The van der Waals surface area contributed by atoms with E-state index >= 15 is 0 Å². The summed E-state index contributed by atoms with van der Waals surface area (Å²) >= 11 is 0. The van der Waals surface area contributed by atoms with Crippen molar-refractivity contribution in [1.29, 1.82) is 0 Å². The Kier molecular flexibility index (Phi) is 6.34. The second kappa shape index (κ2) is 8.73. The molecule has 0 aliphatic carbocycles. The Morgan fingerprint density at radius 1 is 1.14 bits per heavy atom. The lowest BCUT2D eigenvalue weighted by Crippen LogP contribution is -2.44. The standard InChI is InChI=1S/C21H27N3O3S/c1-16-8-9-19(13-17(16)2)28(26,27)20(18-7-6-10-22-14-18)15-23-21(25)24-11-4-3-5-12-24/h6-10,13-14,20H,3-5,11-12,15H2,1-2H3,(H,23,25)/t20-/m0/s1. The van der Waals surface area contributed by atoms with Crippen molar-refractivity contribution < 1.29 is 13.2 Å². The van der Waals surface area contributed by atoms with Gasteiger partial charge in [-0.3, -0.25) is 4.98 Å². The van der Waals surface area contributed by atoms with Crippen molar-refractivity contribution in [2.24, 2.45) is 0 Å². The largest absolute Gasteiger partial charge is 0.336 e. The quantitative estimate of drug-likeness (QED) is 0.833. The first-order valence-corrected chi connectivity index (χ1v) is 11.2. The average Bonchev–Trinajstić information content (AvgIpc) is 2.71. The van der Waals surface area contributed by atoms with Crippen LogP contribution in [0.25, 0.3) is 0 Å². The highest BCUT2D eigenvalue weighted by molar-refractivity contribution is 7.91. The first kappa shape index (κ1) is 20.3. The Hall–Kier alpha value is -2.41. The average molecular weight is 402 g/mol. The summed E-state index contributed by atoms with van der Waals surface area (Å²) < 4.78 is 26.8. The molecule has 1 aliphatic rings. The maximum Gasteiger partial charge on any atom is 0.317 e. The van der Waals surface area contributed by atoms with Crippen LogP contribution in [-0.4, -0.2) is 44.0 Å². The zero-order chi connectivity index (χ0) is 20.1. The maximum absolute atomic E-state index is 13.4. The molecule has 1 aliphatic heterocycles. The van der Waals surface area contributed by atoms with Crippen LogP contribution in [0.3, 0.4) is 0 Å². The number of piperidine rings is 1. The van der Waals surface area contributed by atoms with E-state index in [1.807, 2.05) is 19.9 Å². The molecule has 1 aromatic carbocycles. The van der Waals surface area contributed by atoms with Crippen LogP contribution < -0.4 is 5.32 Å². The Morgan fingerprint density at radius 2 is 1.89 bits per heavy atom. The van der Waals surface area contributed by atoms with Gasteiger partial charge in [-0.15, -0.1) is 0 Å². The van der Waals surface area contributed by atoms with Gasteiger partial charge in [0.15, 0.2) is 9.84 Å². The SMILES string of the molecule is Cc1ccc(S(=O)(=O)[C@@H](CNC(=O)N2CCCCC2)c2cccnc2)cc1C. The number of hydrogen-bond acceptors (Lipinski definition) is 4. The lowest BCUT2D eigenvalue weighted by Gasteiger charge is -2.28. The van der Waals surface area contributed by atoms with Crippen LogP contribution in [0.2, 0.25) is 0 Å². The van der Waals surface area contributed by atoms with Gasteiger partial charge in [-0.1, -0.05) is 12.1 Å². The Morgan fingerprint density at radius 3 is 2.54 bits per heavy atom. The monoisotopic (exact) mass is 401 g/mol. The lowest BCUT2D eigenvalue weighted by atomic mass is 10.1. The number of hydrogen-bond donors (Lipinski definition) is 1. The topological polar surface area (TPSA) is 79.4 Å². The number of pyridine rings is 1. The molecule has 0 bridgehead atoms. The van der Waals surface area contributed by atoms with Crippen LogP contribution in [0.1, 0.15) is 41.2 Å². The van der Waals surface area contributed by atoms with E-state index in [4.69, 9.17) is 0 Å². The number of aromatic nitrogens is 1. The zero-order valence-electron chi connectivity index (χ0n) is 16.4. The minimum absolute atomic E-state index is 0.0102. The molecule has 0 saturated carbocycles. The summed E-state index contributed by atoms with van der Waals surface area (Å²) in [5.41, 5.74) is 2.53. The summed E-state index contributed by atoms with van der Waals surface area (Å²) in [7, 11) is -3.69. The molecule has 2 amide bonds. The molecule has 7 heteroatoms. The molecule has 3 rings (SSSR count). The third-order valence-electron chi connectivity index (χ3n) is 5.32. The molecule has 0 unspecified atom stereocenters. The number of likely N-dealkylation sites (tertiary alicyclic amines) is 1. The fourth-order valence-corrected chi connectivity index (χ4v) is 5.14. The number of benzene rings is 1. The highest BCUT2D eigenvalue weighted by atomic mass is 32.2. The second-order valence-electron chi connectivity index (χ2n) is 7.30. The number of amides is 2. The molecule has 1 aromatic heterocycles. The van der Waals surface area contributed by atoms with Gasteiger partial charge in [0, 0.05) is 32.0 Å². The van der Waals surface area contributed by atoms with Gasteiger partial charge in [-0.2, -0.15) is 0 Å². The van der Waals surface area contributed by atoms with E-state index < -0.39 is 15.1 Å². The van der Waals surface area contributed by atoms with Gasteiger partial charge in [0.1, 0.15) is 5.25 Å². The van der Waals surface area contributed by atoms with Crippen molar-refractivity contribution in [3.05, 3.63) is 59.4 Å². The molecule has 1 atom stereocenters. The van der Waals surface area contributed by atoms with Gasteiger partial charge in [0.05, 0.1) is 4.90 Å². The zero-order valence-corrected chi connectivity index (χ0v) is 17.2. The minimum Gasteiger partial charge on any atom is -0.336 e. The summed E-state index contributed by atoms with van der Waals surface area (Å²) in [6.45, 7) is 5.28. The Bertz CT molecular complexity index is 923. The summed E-state index contributed by atoms with van der Waals surface area (Å²) in [6.07, 6.45) is 6.26. The number of rotatable bonds is 5. The number of nitrogens with one attached hydrogen (secondary N) is 1. The van der Waals surface area contributed by atoms with E-state index in [0.717, 1.165) is 30.4 Å². The predicted octanol–water partition coefficient (Wildman–Crippen LogP) is 3.41. The number of urea groups is 1. The van der Waals surface area contributed by atoms with Gasteiger partial charge in [0.2, 0.25) is 0 Å². The van der Waals surface area contributed by atoms with Gasteiger partial charge < -0.3 is 10.2 Å². The molecule has 2 aromatic rings. The third kappa shape index (κ3) is 4.52. The normalized spacial score (nSPS) is 15.9. The molecular formula is C21H27N3O3S. The third-order valence-corrected chi connectivity index (χ3v) is 7.42. The molecule has 1 saturated heterocycles. The lowest BCUT2D eigenvalue weighted by molar-refractivity contribution is 0.186. The van der Waals surface area contributed by atoms with E-state index in [9.17, 15) is 13.2 Å². The number of carbonyl (C=O) groups is 1. The van der Waals surface area contributed by atoms with Crippen LogP contribution in [0, 0.1) is 13.8 Å². The number of carbonyl (C=O) groups excluding carboxylic acids is 1. The predicted molar refractivity (Wildman–Crippen MR) is 109 cm³/mol. The molecule has 1 fully saturated rings. The van der Waals surface area contributed by atoms with E-state index in [1.54, 1.807) is 41.6 Å². The van der Waals surface area contributed by atoms with E-state index in [2.05, 4.69) is 10.3 Å². The number of aryl methyl sites for hydroxylation is 2. The van der Waals surface area contributed by atoms with Crippen LogP contribution in [0.4, 0.5) is 4.79 Å². The summed E-state index contributed by atoms with van der Waals surface area (Å²) in [6, 6.07) is 8.39. The highest BCUT2D eigenvalue weighted by Gasteiger charge is 2.30. The molecule has 150 valence electrons. The first-order valence-electron chi connectivity index (χ1n) is 9.63. The van der Waals surface area contributed by atoms with Crippen LogP contribution in [0.15, 0.2) is 47.6 Å². The summed E-state index contributed by atoms with van der Waals surface area (Å²) in [5.74, 6) is 0. The van der Waals surface area contributed by atoms with Crippen molar-refractivity contribution in [3.63, 3.8) is 0 Å². The smallest absolute Gasteiger partial charge is 0.317 e. The summed E-state index contributed by atoms with van der Waals surface area (Å²) in [4.78, 5) is 18.6. The van der Waals surface area contributed by atoms with E-state index in [1.165, 1.54) is 0 Å². The molecule has 0 radical (unpaired) electrons. The number of sulfone groups is 1. The van der Waals surface area contributed by atoms with Gasteiger partial charge in [0.25, 0.3) is 0 Å². The Balaban J connectivity index is 1.86. The molecule has 28 heavy (non-hydrogen) atoms. The van der Waals surface area contributed by atoms with Gasteiger partial charge in [-0.25, -0.2) is 13.2 Å². The molecule has 6 nitrogen and oxygen atoms in total. The van der Waals surface area contributed by atoms with Crippen LogP contribution >= 0.6 is 0 Å². The maximum atomic E-state index is 13.4. The fourth-order valence-electron chi connectivity index (χ4n) is 3.42. The van der Waals surface area contributed by atoms with Crippen molar-refractivity contribution >= 4 is 15.9 Å². The van der Waals surface area contributed by atoms with Crippen LogP contribution in [0.5, 0.6) is 0 Å². The van der Waals surface area contributed by atoms with Crippen molar-refractivity contribution in [3.8, 4) is 0 Å².